The minimum Gasteiger partial charge on any atom is -0.296 e. The van der Waals surface area contributed by atoms with Crippen LogP contribution in [0.3, 0.4) is 0 Å². The van der Waals surface area contributed by atoms with Gasteiger partial charge in [0, 0.05) is 11.6 Å². The van der Waals surface area contributed by atoms with Crippen LogP contribution < -0.4 is 0 Å². The van der Waals surface area contributed by atoms with E-state index < -0.39 is 11.6 Å². The number of likely N-dealkylation sites (N-methyl/N-ethyl adjacent to an activating group) is 1. The minimum absolute atomic E-state index is 0.157. The van der Waals surface area contributed by atoms with Crippen LogP contribution in [0.4, 0.5) is 8.78 Å². The molecule has 0 aliphatic heterocycles. The average molecular weight is 281 g/mol. The molecule has 2 rings (SSSR count). The van der Waals surface area contributed by atoms with Crippen LogP contribution in [-0.4, -0.2) is 30.3 Å². The van der Waals surface area contributed by atoms with Gasteiger partial charge in [-0.3, -0.25) is 9.69 Å². The molecule has 0 aromatic heterocycles. The van der Waals surface area contributed by atoms with Gasteiger partial charge in [0.05, 0.1) is 6.54 Å². The summed E-state index contributed by atoms with van der Waals surface area (Å²) in [6.45, 7) is 0.260. The average Bonchev–Trinajstić information content (AvgIpc) is 2.70. The Kier molecular flexibility index (Phi) is 5.24. The summed E-state index contributed by atoms with van der Waals surface area (Å²) in [5.74, 6) is -2.04. The van der Waals surface area contributed by atoms with Crippen molar-refractivity contribution in [1.82, 2.24) is 4.90 Å². The van der Waals surface area contributed by atoms with Crippen molar-refractivity contribution in [2.24, 2.45) is 0 Å². The minimum atomic E-state index is -0.965. The quantitative estimate of drug-likeness (QED) is 0.618. The molecule has 1 aliphatic carbocycles. The topological polar surface area (TPSA) is 20.3 Å². The summed E-state index contributed by atoms with van der Waals surface area (Å²) in [5.41, 5.74) is 0.240. The van der Waals surface area contributed by atoms with Crippen molar-refractivity contribution in [1.29, 1.82) is 0 Å². The van der Waals surface area contributed by atoms with Gasteiger partial charge in [0.15, 0.2) is 17.4 Å². The first-order chi connectivity index (χ1) is 9.58. The lowest BCUT2D eigenvalue weighted by Crippen LogP contribution is -2.35. The monoisotopic (exact) mass is 281 g/mol. The Morgan fingerprint density at radius 3 is 2.40 bits per heavy atom. The van der Waals surface area contributed by atoms with Crippen molar-refractivity contribution in [3.8, 4) is 0 Å². The molecule has 110 valence electrons. The van der Waals surface area contributed by atoms with Gasteiger partial charge in [-0.1, -0.05) is 25.7 Å². The summed E-state index contributed by atoms with van der Waals surface area (Å²) >= 11 is 0. The molecule has 1 saturated carbocycles. The Morgan fingerprint density at radius 2 is 1.80 bits per heavy atom. The van der Waals surface area contributed by atoms with E-state index in [1.165, 1.54) is 31.7 Å². The van der Waals surface area contributed by atoms with Crippen molar-refractivity contribution < 1.29 is 13.6 Å². The normalized spacial score (nSPS) is 17.2. The Morgan fingerprint density at radius 1 is 1.15 bits per heavy atom. The van der Waals surface area contributed by atoms with E-state index in [1.807, 2.05) is 7.05 Å². The van der Waals surface area contributed by atoms with Gasteiger partial charge in [-0.2, -0.15) is 0 Å². The molecule has 0 amide bonds. The van der Waals surface area contributed by atoms with Gasteiger partial charge >= 0.3 is 0 Å². The molecule has 1 aromatic rings. The Bertz CT molecular complexity index is 468. The lowest BCUT2D eigenvalue weighted by atomic mass is 10.1. The van der Waals surface area contributed by atoms with Crippen LogP contribution in [-0.2, 0) is 0 Å². The maximum atomic E-state index is 13.1. The van der Waals surface area contributed by atoms with Crippen LogP contribution in [0.5, 0.6) is 0 Å². The second-order valence-corrected chi connectivity index (χ2v) is 5.61. The summed E-state index contributed by atoms with van der Waals surface area (Å²) in [7, 11) is 1.94. The highest BCUT2D eigenvalue weighted by Crippen LogP contribution is 2.21. The molecule has 1 fully saturated rings. The van der Waals surface area contributed by atoms with Gasteiger partial charge in [0.25, 0.3) is 0 Å². The maximum absolute atomic E-state index is 13.1. The number of halogens is 2. The molecule has 4 heteroatoms. The van der Waals surface area contributed by atoms with Crippen LogP contribution in [0.2, 0.25) is 0 Å². The number of Topliss-reactive ketones (excluding diaryl/α,β-unsaturated/α-hetero) is 1. The molecule has 0 unspecified atom stereocenters. The lowest BCUT2D eigenvalue weighted by Gasteiger charge is -2.26. The smallest absolute Gasteiger partial charge is 0.176 e. The SMILES string of the molecule is CN(CC(=O)c1ccc(F)c(F)c1)C1CCCCCC1. The first-order valence-corrected chi connectivity index (χ1v) is 7.26. The molecule has 1 aromatic carbocycles. The zero-order chi connectivity index (χ0) is 14.5. The third-order valence-electron chi connectivity index (χ3n) is 4.08. The number of hydrogen-bond acceptors (Lipinski definition) is 2. The first kappa shape index (κ1) is 15.1. The molecule has 0 bridgehead atoms. The van der Waals surface area contributed by atoms with E-state index in [-0.39, 0.29) is 17.9 Å². The standard InChI is InChI=1S/C16H21F2NO/c1-19(13-6-4-2-3-5-7-13)11-16(20)12-8-9-14(17)15(18)10-12/h8-10,13H,2-7,11H2,1H3. The van der Waals surface area contributed by atoms with Crippen LogP contribution in [0.25, 0.3) is 0 Å². The molecule has 0 N–H and O–H groups in total. The van der Waals surface area contributed by atoms with Crippen LogP contribution in [0.15, 0.2) is 18.2 Å². The van der Waals surface area contributed by atoms with E-state index in [0.717, 1.165) is 25.0 Å². The summed E-state index contributed by atoms with van der Waals surface area (Å²) in [5, 5.41) is 0. The fraction of sp³-hybridized carbons (Fsp3) is 0.562. The number of carbonyl (C=O) groups is 1. The molecule has 0 atom stereocenters. The highest BCUT2D eigenvalue weighted by molar-refractivity contribution is 5.97. The molecule has 20 heavy (non-hydrogen) atoms. The Labute approximate surface area is 118 Å². The summed E-state index contributed by atoms with van der Waals surface area (Å²) in [4.78, 5) is 14.2. The van der Waals surface area contributed by atoms with Crippen molar-refractivity contribution >= 4 is 5.78 Å². The maximum Gasteiger partial charge on any atom is 0.176 e. The van der Waals surface area contributed by atoms with Crippen molar-refractivity contribution in [2.75, 3.05) is 13.6 Å². The third kappa shape index (κ3) is 3.85. The van der Waals surface area contributed by atoms with Gasteiger partial charge in [0.1, 0.15) is 0 Å². The molecular formula is C16H21F2NO. The number of nitrogens with zero attached hydrogens (tertiary/aromatic N) is 1. The molecule has 2 nitrogen and oxygen atoms in total. The fourth-order valence-electron chi connectivity index (χ4n) is 2.82. The number of carbonyl (C=O) groups excluding carboxylic acids is 1. The first-order valence-electron chi connectivity index (χ1n) is 7.26. The van der Waals surface area contributed by atoms with Crippen molar-refractivity contribution in [3.05, 3.63) is 35.4 Å². The zero-order valence-electron chi connectivity index (χ0n) is 11.9. The molecule has 0 saturated heterocycles. The second-order valence-electron chi connectivity index (χ2n) is 5.61. The van der Waals surface area contributed by atoms with E-state index >= 15 is 0 Å². The van der Waals surface area contributed by atoms with Crippen LogP contribution in [0, 0.1) is 11.6 Å². The molecule has 0 radical (unpaired) electrons. The van der Waals surface area contributed by atoms with Gasteiger partial charge in [-0.25, -0.2) is 8.78 Å². The zero-order valence-corrected chi connectivity index (χ0v) is 11.9. The predicted octanol–water partition coefficient (Wildman–Crippen LogP) is 3.80. The van der Waals surface area contributed by atoms with E-state index in [0.29, 0.717) is 6.04 Å². The van der Waals surface area contributed by atoms with E-state index in [4.69, 9.17) is 0 Å². The summed E-state index contributed by atoms with van der Waals surface area (Å²) in [6, 6.07) is 3.76. The Balaban J connectivity index is 1.97. The van der Waals surface area contributed by atoms with Gasteiger partial charge in [0.2, 0.25) is 0 Å². The Hall–Kier alpha value is -1.29. The lowest BCUT2D eigenvalue weighted by molar-refractivity contribution is 0.0911. The van der Waals surface area contributed by atoms with Crippen LogP contribution >= 0.6 is 0 Å². The molecule has 0 spiro atoms. The van der Waals surface area contributed by atoms with Crippen molar-refractivity contribution in [2.45, 2.75) is 44.6 Å². The number of hydrogen-bond donors (Lipinski definition) is 0. The largest absolute Gasteiger partial charge is 0.296 e. The number of benzene rings is 1. The van der Waals surface area contributed by atoms with Crippen molar-refractivity contribution in [3.63, 3.8) is 0 Å². The third-order valence-corrected chi connectivity index (χ3v) is 4.08. The molecule has 1 aliphatic rings. The number of rotatable bonds is 4. The predicted molar refractivity (Wildman–Crippen MR) is 74.8 cm³/mol. The fourth-order valence-corrected chi connectivity index (χ4v) is 2.82. The van der Waals surface area contributed by atoms with E-state index in [9.17, 15) is 13.6 Å². The number of ketones is 1. The molecular weight excluding hydrogens is 260 g/mol. The van der Waals surface area contributed by atoms with Crippen LogP contribution in [0.1, 0.15) is 48.9 Å². The van der Waals surface area contributed by atoms with E-state index in [2.05, 4.69) is 4.90 Å². The van der Waals surface area contributed by atoms with Gasteiger partial charge < -0.3 is 0 Å². The van der Waals surface area contributed by atoms with E-state index in [1.54, 1.807) is 0 Å². The highest BCUT2D eigenvalue weighted by Gasteiger charge is 2.20. The molecule has 0 heterocycles. The van der Waals surface area contributed by atoms with Gasteiger partial charge in [-0.15, -0.1) is 0 Å². The van der Waals surface area contributed by atoms with Gasteiger partial charge in [-0.05, 0) is 38.1 Å². The highest BCUT2D eigenvalue weighted by atomic mass is 19.2. The second kappa shape index (κ2) is 6.93. The summed E-state index contributed by atoms with van der Waals surface area (Å²) in [6.07, 6.45) is 7.16. The summed E-state index contributed by atoms with van der Waals surface area (Å²) < 4.78 is 26.0.